The molecule has 10 nitrogen and oxygen atoms in total. The van der Waals surface area contributed by atoms with E-state index in [2.05, 4.69) is 30.8 Å². The zero-order chi connectivity index (χ0) is 16.2. The van der Waals surface area contributed by atoms with Crippen LogP contribution in [0.15, 0.2) is 43.0 Å². The molecule has 0 spiro atoms. The highest BCUT2D eigenvalue weighted by Gasteiger charge is 2.19. The van der Waals surface area contributed by atoms with Crippen LogP contribution in [0.5, 0.6) is 0 Å². The summed E-state index contributed by atoms with van der Waals surface area (Å²) in [6.07, 6.45) is 3.86. The number of rotatable bonds is 4. The van der Waals surface area contributed by atoms with Gasteiger partial charge in [-0.15, -0.1) is 5.10 Å². The summed E-state index contributed by atoms with van der Waals surface area (Å²) in [5, 5.41) is 22.4. The van der Waals surface area contributed by atoms with E-state index in [0.717, 1.165) is 0 Å². The summed E-state index contributed by atoms with van der Waals surface area (Å²) >= 11 is 0. The van der Waals surface area contributed by atoms with E-state index < -0.39 is 17.6 Å². The molecule has 0 aliphatic carbocycles. The van der Waals surface area contributed by atoms with Crippen molar-refractivity contribution in [1.82, 2.24) is 30.2 Å². The molecule has 0 atom stereocenters. The Hall–Kier alpha value is -3.69. The minimum Gasteiger partial charge on any atom is -0.476 e. The van der Waals surface area contributed by atoms with Gasteiger partial charge in [-0.1, -0.05) is 6.07 Å². The lowest BCUT2D eigenvalue weighted by Gasteiger charge is -2.07. The molecule has 2 N–H and O–H groups in total. The number of aromatic nitrogens is 6. The van der Waals surface area contributed by atoms with Crippen LogP contribution in [0.3, 0.4) is 0 Å². The van der Waals surface area contributed by atoms with Gasteiger partial charge in [-0.3, -0.25) is 4.79 Å². The van der Waals surface area contributed by atoms with Crippen LogP contribution >= 0.6 is 0 Å². The Morgan fingerprint density at radius 1 is 1.13 bits per heavy atom. The first-order chi connectivity index (χ1) is 11.1. The van der Waals surface area contributed by atoms with Gasteiger partial charge in [-0.05, 0) is 28.6 Å². The van der Waals surface area contributed by atoms with Crippen molar-refractivity contribution < 1.29 is 14.7 Å². The lowest BCUT2D eigenvalue weighted by molar-refractivity contribution is 0.0685. The highest BCUT2D eigenvalue weighted by atomic mass is 16.4. The third-order valence-electron chi connectivity index (χ3n) is 2.83. The van der Waals surface area contributed by atoms with E-state index in [0.29, 0.717) is 11.4 Å². The molecule has 1 aromatic carbocycles. The molecule has 0 radical (unpaired) electrons. The number of anilines is 1. The zero-order valence-electron chi connectivity index (χ0n) is 11.5. The molecule has 3 aromatic rings. The zero-order valence-corrected chi connectivity index (χ0v) is 11.5. The number of hydrogen-bond acceptors (Lipinski definition) is 7. The minimum absolute atomic E-state index is 0.271. The number of carbonyl (C=O) groups is 2. The molecule has 0 bridgehead atoms. The van der Waals surface area contributed by atoms with E-state index in [9.17, 15) is 9.59 Å². The van der Waals surface area contributed by atoms with E-state index in [1.165, 1.54) is 23.4 Å². The van der Waals surface area contributed by atoms with Gasteiger partial charge in [0.2, 0.25) is 0 Å². The summed E-state index contributed by atoms with van der Waals surface area (Å²) in [7, 11) is 0. The summed E-state index contributed by atoms with van der Waals surface area (Å²) < 4.78 is 1.42. The maximum absolute atomic E-state index is 12.2. The van der Waals surface area contributed by atoms with Gasteiger partial charge in [0.25, 0.3) is 5.91 Å². The number of tetrazole rings is 1. The summed E-state index contributed by atoms with van der Waals surface area (Å²) in [6, 6.07) is 6.71. The standard InChI is InChI=1S/C13H9N7O3/c21-12(10-11(13(22)23)15-5-4-14-10)17-8-2-1-3-9(6-8)20-7-16-18-19-20/h1-7H,(H,17,21)(H,22,23). The number of carbonyl (C=O) groups excluding carboxylic acids is 1. The fraction of sp³-hybridized carbons (Fsp3) is 0. The molecule has 0 saturated heterocycles. The summed E-state index contributed by atoms with van der Waals surface area (Å²) in [6.45, 7) is 0. The van der Waals surface area contributed by atoms with Crippen molar-refractivity contribution >= 4 is 17.6 Å². The van der Waals surface area contributed by atoms with Crippen molar-refractivity contribution in [3.05, 3.63) is 54.4 Å². The van der Waals surface area contributed by atoms with E-state index in [1.54, 1.807) is 24.3 Å². The van der Waals surface area contributed by atoms with E-state index in [-0.39, 0.29) is 5.69 Å². The Bertz CT molecular complexity index is 864. The fourth-order valence-corrected chi connectivity index (χ4v) is 1.86. The molecule has 0 aliphatic rings. The van der Waals surface area contributed by atoms with Gasteiger partial charge < -0.3 is 10.4 Å². The fourth-order valence-electron chi connectivity index (χ4n) is 1.86. The van der Waals surface area contributed by atoms with E-state index >= 15 is 0 Å². The Balaban J connectivity index is 1.87. The van der Waals surface area contributed by atoms with Crippen molar-refractivity contribution in [2.45, 2.75) is 0 Å². The molecule has 2 heterocycles. The third-order valence-corrected chi connectivity index (χ3v) is 2.83. The molecule has 2 aromatic heterocycles. The number of nitrogens with one attached hydrogen (secondary N) is 1. The van der Waals surface area contributed by atoms with Crippen molar-refractivity contribution in [3.63, 3.8) is 0 Å². The van der Waals surface area contributed by atoms with Crippen molar-refractivity contribution in [1.29, 1.82) is 0 Å². The third kappa shape index (κ3) is 3.00. The van der Waals surface area contributed by atoms with E-state index in [1.807, 2.05) is 0 Å². The van der Waals surface area contributed by atoms with Crippen molar-refractivity contribution in [2.24, 2.45) is 0 Å². The summed E-state index contributed by atoms with van der Waals surface area (Å²) in [5.74, 6) is -2.00. The second-order valence-electron chi connectivity index (χ2n) is 4.32. The number of carboxylic acid groups (broad SMARTS) is 1. The molecule has 0 unspecified atom stereocenters. The lowest BCUT2D eigenvalue weighted by Crippen LogP contribution is -2.19. The Labute approximate surface area is 128 Å². The molecule has 3 rings (SSSR count). The number of nitrogens with zero attached hydrogens (tertiary/aromatic N) is 6. The van der Waals surface area contributed by atoms with Crippen LogP contribution < -0.4 is 5.32 Å². The van der Waals surface area contributed by atoms with Gasteiger partial charge in [-0.2, -0.15) is 0 Å². The van der Waals surface area contributed by atoms with Gasteiger partial charge in [0.15, 0.2) is 11.4 Å². The second kappa shape index (κ2) is 5.97. The maximum atomic E-state index is 12.2. The SMILES string of the molecule is O=C(O)c1nccnc1C(=O)Nc1cccc(-n2cnnn2)c1. The average molecular weight is 311 g/mol. The predicted molar refractivity (Wildman–Crippen MR) is 76.1 cm³/mol. The molecule has 23 heavy (non-hydrogen) atoms. The largest absolute Gasteiger partial charge is 0.476 e. The Kier molecular flexibility index (Phi) is 3.70. The smallest absolute Gasteiger partial charge is 0.356 e. The first-order valence-corrected chi connectivity index (χ1v) is 6.34. The molecular weight excluding hydrogens is 302 g/mol. The van der Waals surface area contributed by atoms with Crippen LogP contribution in [0.25, 0.3) is 5.69 Å². The van der Waals surface area contributed by atoms with Crippen LogP contribution in [-0.2, 0) is 0 Å². The van der Waals surface area contributed by atoms with Gasteiger partial charge in [0.05, 0.1) is 5.69 Å². The molecule has 0 saturated carbocycles. The molecule has 0 fully saturated rings. The van der Waals surface area contributed by atoms with E-state index in [4.69, 9.17) is 5.11 Å². The highest BCUT2D eigenvalue weighted by molar-refractivity contribution is 6.08. The van der Waals surface area contributed by atoms with Crippen LogP contribution in [0.2, 0.25) is 0 Å². The second-order valence-corrected chi connectivity index (χ2v) is 4.32. The molecule has 0 aliphatic heterocycles. The molecule has 10 heteroatoms. The van der Waals surface area contributed by atoms with Crippen LogP contribution in [0, 0.1) is 0 Å². The Morgan fingerprint density at radius 3 is 2.61 bits per heavy atom. The molecular formula is C13H9N7O3. The first kappa shape index (κ1) is 14.3. The Morgan fingerprint density at radius 2 is 1.91 bits per heavy atom. The maximum Gasteiger partial charge on any atom is 0.356 e. The van der Waals surface area contributed by atoms with Gasteiger partial charge in [0.1, 0.15) is 6.33 Å². The lowest BCUT2D eigenvalue weighted by atomic mass is 10.2. The minimum atomic E-state index is -1.33. The number of amides is 1. The normalized spacial score (nSPS) is 10.3. The van der Waals surface area contributed by atoms with Crippen molar-refractivity contribution in [2.75, 3.05) is 5.32 Å². The first-order valence-electron chi connectivity index (χ1n) is 6.34. The molecule has 114 valence electrons. The van der Waals surface area contributed by atoms with Crippen LogP contribution in [0.1, 0.15) is 21.0 Å². The summed E-state index contributed by atoms with van der Waals surface area (Å²) in [5.41, 5.74) is 0.379. The van der Waals surface area contributed by atoms with Crippen LogP contribution in [-0.4, -0.2) is 47.2 Å². The van der Waals surface area contributed by atoms with Gasteiger partial charge >= 0.3 is 5.97 Å². The van der Waals surface area contributed by atoms with Crippen molar-refractivity contribution in [3.8, 4) is 5.69 Å². The van der Waals surface area contributed by atoms with Crippen LogP contribution in [0.4, 0.5) is 5.69 Å². The topological polar surface area (TPSA) is 136 Å². The summed E-state index contributed by atoms with van der Waals surface area (Å²) in [4.78, 5) is 30.7. The number of aromatic carboxylic acids is 1. The highest BCUT2D eigenvalue weighted by Crippen LogP contribution is 2.14. The average Bonchev–Trinajstić information content (AvgIpc) is 3.09. The number of benzene rings is 1. The molecule has 1 amide bonds. The number of carboxylic acids is 1. The monoisotopic (exact) mass is 311 g/mol. The van der Waals surface area contributed by atoms with Gasteiger partial charge in [0, 0.05) is 18.1 Å². The quantitative estimate of drug-likeness (QED) is 0.706. The number of hydrogen-bond donors (Lipinski definition) is 2. The predicted octanol–water partition coefficient (Wildman–Crippen LogP) is 0.403. The van der Waals surface area contributed by atoms with Gasteiger partial charge in [-0.25, -0.2) is 19.4 Å².